The van der Waals surface area contributed by atoms with E-state index >= 15 is 0 Å². The highest BCUT2D eigenvalue weighted by Gasteiger charge is 2.24. The number of nitrogens with one attached hydrogen (secondary N) is 2. The zero-order valence-corrected chi connectivity index (χ0v) is 15.4. The molecule has 9 heteroatoms. The average molecular weight is 395 g/mol. The average Bonchev–Trinajstić information content (AvgIpc) is 2.64. The zero-order valence-electron chi connectivity index (χ0n) is 14.6. The van der Waals surface area contributed by atoms with Gasteiger partial charge in [0, 0.05) is 36.9 Å². The van der Waals surface area contributed by atoms with Crippen LogP contribution in [0.4, 0.5) is 14.5 Å². The molecule has 0 bridgehead atoms. The highest BCUT2D eigenvalue weighted by molar-refractivity contribution is 7.92. The van der Waals surface area contributed by atoms with Crippen molar-refractivity contribution in [3.63, 3.8) is 0 Å². The molecule has 6 nitrogen and oxygen atoms in total. The van der Waals surface area contributed by atoms with Crippen LogP contribution in [-0.4, -0.2) is 44.9 Å². The number of benzene rings is 2. The molecule has 0 unspecified atom stereocenters. The molecule has 0 saturated carbocycles. The van der Waals surface area contributed by atoms with Crippen LogP contribution in [0.15, 0.2) is 47.4 Å². The summed E-state index contributed by atoms with van der Waals surface area (Å²) in [6.45, 7) is 4.00. The first kappa shape index (κ1) is 19.2. The van der Waals surface area contributed by atoms with E-state index < -0.39 is 26.6 Å². The van der Waals surface area contributed by atoms with Gasteiger partial charge in [0.15, 0.2) is 11.6 Å². The molecule has 0 aromatic heterocycles. The first-order valence-corrected chi connectivity index (χ1v) is 9.86. The number of carbonyl (C=O) groups excluding carboxylic acids is 1. The van der Waals surface area contributed by atoms with Gasteiger partial charge in [-0.1, -0.05) is 0 Å². The van der Waals surface area contributed by atoms with Gasteiger partial charge in [0.05, 0.1) is 4.90 Å². The molecular weight excluding hydrogens is 376 g/mol. The predicted octanol–water partition coefficient (Wildman–Crippen LogP) is 2.20. The molecule has 2 aromatic rings. The van der Waals surface area contributed by atoms with Crippen LogP contribution < -0.4 is 10.0 Å². The van der Waals surface area contributed by atoms with Gasteiger partial charge in [0.2, 0.25) is 0 Å². The van der Waals surface area contributed by atoms with Crippen LogP contribution in [0.5, 0.6) is 0 Å². The summed E-state index contributed by atoms with van der Waals surface area (Å²) in [5, 5.41) is 3.21. The number of hydrogen-bond donors (Lipinski definition) is 2. The van der Waals surface area contributed by atoms with Crippen LogP contribution in [0.1, 0.15) is 17.3 Å². The number of piperazine rings is 1. The molecular formula is C18H19F2N3O3S. The Hall–Kier alpha value is -2.52. The molecule has 1 amide bonds. The third-order valence-corrected chi connectivity index (χ3v) is 5.73. The smallest absolute Gasteiger partial charge is 0.261 e. The number of sulfonamides is 1. The van der Waals surface area contributed by atoms with Gasteiger partial charge in [-0.25, -0.2) is 17.2 Å². The van der Waals surface area contributed by atoms with Gasteiger partial charge in [-0.3, -0.25) is 9.52 Å². The van der Waals surface area contributed by atoms with Crippen molar-refractivity contribution in [2.45, 2.75) is 17.9 Å². The number of rotatable bonds is 4. The summed E-state index contributed by atoms with van der Waals surface area (Å²) < 4.78 is 53.1. The van der Waals surface area contributed by atoms with Crippen LogP contribution in [0.25, 0.3) is 0 Å². The lowest BCUT2D eigenvalue weighted by Gasteiger charge is -2.34. The summed E-state index contributed by atoms with van der Waals surface area (Å²) in [7, 11) is -4.08. The van der Waals surface area contributed by atoms with Crippen LogP contribution in [-0.2, 0) is 10.0 Å². The minimum absolute atomic E-state index is 0.0674. The second kappa shape index (κ2) is 7.61. The molecule has 3 rings (SSSR count). The first-order valence-electron chi connectivity index (χ1n) is 8.37. The molecule has 0 radical (unpaired) electrons. The normalized spacial score (nSPS) is 17.6. The van der Waals surface area contributed by atoms with Gasteiger partial charge in [-0.2, -0.15) is 0 Å². The summed E-state index contributed by atoms with van der Waals surface area (Å²) in [6, 6.07) is 8.37. The Morgan fingerprint density at radius 2 is 1.85 bits per heavy atom. The van der Waals surface area contributed by atoms with Crippen molar-refractivity contribution in [2.24, 2.45) is 0 Å². The topological polar surface area (TPSA) is 78.5 Å². The van der Waals surface area contributed by atoms with E-state index in [2.05, 4.69) is 10.0 Å². The van der Waals surface area contributed by atoms with E-state index in [-0.39, 0.29) is 17.6 Å². The maximum atomic E-state index is 13.3. The lowest BCUT2D eigenvalue weighted by molar-refractivity contribution is 0.0656. The largest absolute Gasteiger partial charge is 0.333 e. The van der Waals surface area contributed by atoms with E-state index in [1.165, 1.54) is 24.3 Å². The minimum Gasteiger partial charge on any atom is -0.333 e. The molecule has 144 valence electrons. The summed E-state index contributed by atoms with van der Waals surface area (Å²) >= 11 is 0. The van der Waals surface area contributed by atoms with Crippen molar-refractivity contribution in [1.29, 1.82) is 0 Å². The second-order valence-corrected chi connectivity index (χ2v) is 7.99. The number of nitrogens with zero attached hydrogens (tertiary/aromatic N) is 1. The molecule has 1 atom stereocenters. The highest BCUT2D eigenvalue weighted by atomic mass is 32.2. The fourth-order valence-electron chi connectivity index (χ4n) is 2.85. The lowest BCUT2D eigenvalue weighted by atomic mass is 10.1. The number of halogens is 2. The van der Waals surface area contributed by atoms with Gasteiger partial charge in [-0.15, -0.1) is 0 Å². The Morgan fingerprint density at radius 1 is 1.15 bits per heavy atom. The summed E-state index contributed by atoms with van der Waals surface area (Å²) in [6.07, 6.45) is 0. The van der Waals surface area contributed by atoms with Crippen molar-refractivity contribution in [3.8, 4) is 0 Å². The Kier molecular flexibility index (Phi) is 5.43. The third-order valence-electron chi connectivity index (χ3n) is 4.35. The van der Waals surface area contributed by atoms with Crippen molar-refractivity contribution in [1.82, 2.24) is 10.2 Å². The Morgan fingerprint density at radius 3 is 2.48 bits per heavy atom. The minimum atomic E-state index is -4.08. The molecule has 2 aromatic carbocycles. The monoisotopic (exact) mass is 395 g/mol. The number of anilines is 1. The number of hydrogen-bond acceptors (Lipinski definition) is 4. The fourth-order valence-corrected chi connectivity index (χ4v) is 3.92. The van der Waals surface area contributed by atoms with Crippen LogP contribution >= 0.6 is 0 Å². The Labute approximate surface area is 156 Å². The highest BCUT2D eigenvalue weighted by Crippen LogP contribution is 2.19. The maximum absolute atomic E-state index is 13.3. The van der Waals surface area contributed by atoms with Crippen LogP contribution in [0.3, 0.4) is 0 Å². The molecule has 1 saturated heterocycles. The van der Waals surface area contributed by atoms with Crippen molar-refractivity contribution >= 4 is 21.6 Å². The number of amides is 1. The van der Waals surface area contributed by atoms with E-state index in [4.69, 9.17) is 0 Å². The molecule has 1 fully saturated rings. The molecule has 0 spiro atoms. The SMILES string of the molecule is C[C@H]1CNCCN1C(=O)c1ccc(NS(=O)(=O)c2ccc(F)c(F)c2)cc1. The van der Waals surface area contributed by atoms with E-state index in [0.717, 1.165) is 25.2 Å². The zero-order chi connectivity index (χ0) is 19.6. The van der Waals surface area contributed by atoms with Gasteiger partial charge >= 0.3 is 0 Å². The summed E-state index contributed by atoms with van der Waals surface area (Å²) in [5.74, 6) is -2.50. The van der Waals surface area contributed by atoms with Gasteiger partial charge in [-0.05, 0) is 49.4 Å². The van der Waals surface area contributed by atoms with Crippen molar-refractivity contribution in [3.05, 3.63) is 59.7 Å². The van der Waals surface area contributed by atoms with Crippen molar-refractivity contribution in [2.75, 3.05) is 24.4 Å². The second-order valence-electron chi connectivity index (χ2n) is 6.31. The molecule has 1 aliphatic rings. The molecule has 1 heterocycles. The van der Waals surface area contributed by atoms with E-state index in [0.29, 0.717) is 18.2 Å². The third kappa shape index (κ3) is 4.25. The molecule has 27 heavy (non-hydrogen) atoms. The molecule has 2 N–H and O–H groups in total. The van der Waals surface area contributed by atoms with Gasteiger partial charge in [0.25, 0.3) is 15.9 Å². The van der Waals surface area contributed by atoms with E-state index in [1.807, 2.05) is 6.92 Å². The maximum Gasteiger partial charge on any atom is 0.261 e. The Bertz CT molecular complexity index is 949. The quantitative estimate of drug-likeness (QED) is 0.832. The number of carbonyl (C=O) groups is 1. The van der Waals surface area contributed by atoms with E-state index in [9.17, 15) is 22.0 Å². The predicted molar refractivity (Wildman–Crippen MR) is 97.0 cm³/mol. The van der Waals surface area contributed by atoms with Gasteiger partial charge in [0.1, 0.15) is 0 Å². The fraction of sp³-hybridized carbons (Fsp3) is 0.278. The standard InChI is InChI=1S/C18H19F2N3O3S/c1-12-11-21-8-9-23(12)18(24)13-2-4-14(5-3-13)22-27(25,26)15-6-7-16(19)17(20)10-15/h2-7,10,12,21-22H,8-9,11H2,1H3/t12-/m0/s1. The van der Waals surface area contributed by atoms with Crippen LogP contribution in [0, 0.1) is 11.6 Å². The molecule has 0 aliphatic carbocycles. The lowest BCUT2D eigenvalue weighted by Crippen LogP contribution is -2.52. The molecule has 1 aliphatic heterocycles. The summed E-state index contributed by atoms with van der Waals surface area (Å²) in [5.41, 5.74) is 0.657. The van der Waals surface area contributed by atoms with Crippen molar-refractivity contribution < 1.29 is 22.0 Å². The Balaban J connectivity index is 1.75. The summed E-state index contributed by atoms with van der Waals surface area (Å²) in [4.78, 5) is 13.9. The first-order chi connectivity index (χ1) is 12.8. The van der Waals surface area contributed by atoms with Crippen LogP contribution in [0.2, 0.25) is 0 Å². The van der Waals surface area contributed by atoms with Gasteiger partial charge < -0.3 is 10.2 Å². The van der Waals surface area contributed by atoms with E-state index in [1.54, 1.807) is 4.90 Å².